The highest BCUT2D eigenvalue weighted by Gasteiger charge is 2.64. The molecule has 10 heteroatoms. The Morgan fingerprint density at radius 1 is 1.19 bits per heavy atom. The summed E-state index contributed by atoms with van der Waals surface area (Å²) in [6.07, 6.45) is -12.1. The van der Waals surface area contributed by atoms with Crippen molar-refractivity contribution in [2.75, 3.05) is 6.54 Å². The first-order chi connectivity index (χ1) is 9.38. The summed E-state index contributed by atoms with van der Waals surface area (Å²) >= 11 is 0. The number of carboxylic acids is 1. The predicted molar refractivity (Wildman–Crippen MR) is 57.2 cm³/mol. The number of rotatable bonds is 3. The molecule has 0 aromatic carbocycles. The van der Waals surface area contributed by atoms with Gasteiger partial charge in [-0.2, -0.15) is 26.3 Å². The third kappa shape index (κ3) is 3.08. The summed E-state index contributed by atoms with van der Waals surface area (Å²) in [6.45, 7) is 0.859. The standard InChI is InChI=1S/C11H13F6NO3/c1-2-9(8(20)21)4-3-5-18(9)7(19)6(10(12,13)14)11(15,16)17/h6H,2-5H2,1H3,(H,20,21). The van der Waals surface area contributed by atoms with E-state index in [-0.39, 0.29) is 24.2 Å². The van der Waals surface area contributed by atoms with Crippen molar-refractivity contribution < 1.29 is 41.0 Å². The number of carbonyl (C=O) groups excluding carboxylic acids is 1. The molecule has 122 valence electrons. The lowest BCUT2D eigenvalue weighted by Gasteiger charge is -2.36. The molecule has 0 aliphatic carbocycles. The highest BCUT2D eigenvalue weighted by atomic mass is 19.4. The quantitative estimate of drug-likeness (QED) is 0.813. The molecule has 0 bridgehead atoms. The van der Waals surface area contributed by atoms with Crippen LogP contribution in [0.4, 0.5) is 26.3 Å². The maximum atomic E-state index is 12.6. The third-order valence-electron chi connectivity index (χ3n) is 3.64. The number of nitrogens with zero attached hydrogens (tertiary/aromatic N) is 1. The van der Waals surface area contributed by atoms with Crippen LogP contribution in [-0.4, -0.2) is 46.3 Å². The Labute approximate surface area is 115 Å². The molecule has 0 radical (unpaired) electrons. The molecule has 0 saturated carbocycles. The van der Waals surface area contributed by atoms with Crippen LogP contribution < -0.4 is 0 Å². The molecule has 0 spiro atoms. The van der Waals surface area contributed by atoms with Crippen molar-refractivity contribution in [2.45, 2.75) is 44.1 Å². The Hall–Kier alpha value is -1.48. The number of likely N-dealkylation sites (tertiary alicyclic amines) is 1. The van der Waals surface area contributed by atoms with Crippen LogP contribution in [0, 0.1) is 5.92 Å². The lowest BCUT2D eigenvalue weighted by Crippen LogP contribution is -2.58. The SMILES string of the molecule is CCC1(C(=O)O)CCCN1C(=O)C(C(F)(F)F)C(F)(F)F. The second kappa shape index (κ2) is 5.38. The molecule has 1 N–H and O–H groups in total. The van der Waals surface area contributed by atoms with E-state index in [0.717, 1.165) is 0 Å². The molecule has 1 aliphatic heterocycles. The third-order valence-corrected chi connectivity index (χ3v) is 3.64. The largest absolute Gasteiger partial charge is 0.479 e. The van der Waals surface area contributed by atoms with Gasteiger partial charge in [-0.05, 0) is 19.3 Å². The van der Waals surface area contributed by atoms with Crippen molar-refractivity contribution in [3.63, 3.8) is 0 Å². The Kier molecular flexibility index (Phi) is 4.50. The Balaban J connectivity index is 3.24. The fraction of sp³-hybridized carbons (Fsp3) is 0.818. The van der Waals surface area contributed by atoms with E-state index in [1.54, 1.807) is 0 Å². The maximum absolute atomic E-state index is 12.6. The monoisotopic (exact) mass is 321 g/mol. The highest BCUT2D eigenvalue weighted by Crippen LogP contribution is 2.43. The summed E-state index contributed by atoms with van der Waals surface area (Å²) in [6, 6.07) is 0. The first kappa shape index (κ1) is 17.6. The van der Waals surface area contributed by atoms with Crippen LogP contribution in [-0.2, 0) is 9.59 Å². The van der Waals surface area contributed by atoms with Gasteiger partial charge in [0.1, 0.15) is 5.54 Å². The van der Waals surface area contributed by atoms with E-state index in [1.807, 2.05) is 0 Å². The minimum Gasteiger partial charge on any atom is -0.479 e. The Morgan fingerprint density at radius 3 is 2.00 bits per heavy atom. The zero-order chi connectivity index (χ0) is 16.6. The van der Waals surface area contributed by atoms with Crippen LogP contribution in [0.2, 0.25) is 0 Å². The number of amides is 1. The maximum Gasteiger partial charge on any atom is 0.409 e. The van der Waals surface area contributed by atoms with Gasteiger partial charge in [-0.25, -0.2) is 4.79 Å². The lowest BCUT2D eigenvalue weighted by atomic mass is 9.91. The van der Waals surface area contributed by atoms with E-state index in [1.165, 1.54) is 6.92 Å². The van der Waals surface area contributed by atoms with Crippen molar-refractivity contribution in [3.8, 4) is 0 Å². The zero-order valence-electron chi connectivity index (χ0n) is 10.9. The minimum absolute atomic E-state index is 0.0360. The first-order valence-electron chi connectivity index (χ1n) is 6.06. The number of carbonyl (C=O) groups is 2. The van der Waals surface area contributed by atoms with E-state index in [4.69, 9.17) is 5.11 Å². The van der Waals surface area contributed by atoms with E-state index >= 15 is 0 Å². The molecular formula is C11H13F6NO3. The molecule has 1 atom stereocenters. The fourth-order valence-electron chi connectivity index (χ4n) is 2.56. The van der Waals surface area contributed by atoms with Gasteiger partial charge in [0.25, 0.3) is 0 Å². The van der Waals surface area contributed by atoms with E-state index < -0.39 is 42.2 Å². The summed E-state index contributed by atoms with van der Waals surface area (Å²) in [4.78, 5) is 23.2. The average molecular weight is 321 g/mol. The second-order valence-corrected chi connectivity index (χ2v) is 4.80. The van der Waals surface area contributed by atoms with Crippen LogP contribution in [0.1, 0.15) is 26.2 Å². The van der Waals surface area contributed by atoms with Gasteiger partial charge < -0.3 is 10.0 Å². The molecule has 0 aromatic rings. The smallest absolute Gasteiger partial charge is 0.409 e. The summed E-state index contributed by atoms with van der Waals surface area (Å²) in [7, 11) is 0. The highest BCUT2D eigenvalue weighted by molar-refractivity contribution is 5.89. The molecule has 1 saturated heterocycles. The predicted octanol–water partition coefficient (Wildman–Crippen LogP) is 2.58. The molecule has 1 aliphatic rings. The van der Waals surface area contributed by atoms with Crippen molar-refractivity contribution in [1.82, 2.24) is 4.90 Å². The van der Waals surface area contributed by atoms with Gasteiger partial charge >= 0.3 is 18.3 Å². The Bertz CT molecular complexity index is 419. The molecule has 0 aromatic heterocycles. The number of alkyl halides is 6. The zero-order valence-corrected chi connectivity index (χ0v) is 10.9. The average Bonchev–Trinajstić information content (AvgIpc) is 2.69. The topological polar surface area (TPSA) is 57.6 Å². The molecule has 21 heavy (non-hydrogen) atoms. The molecule has 1 amide bonds. The summed E-state index contributed by atoms with van der Waals surface area (Å²) in [5, 5.41) is 9.11. The number of halogens is 6. The van der Waals surface area contributed by atoms with Crippen LogP contribution >= 0.6 is 0 Å². The number of hydrogen-bond acceptors (Lipinski definition) is 2. The first-order valence-corrected chi connectivity index (χ1v) is 6.06. The van der Waals surface area contributed by atoms with Crippen LogP contribution in [0.25, 0.3) is 0 Å². The van der Waals surface area contributed by atoms with Gasteiger partial charge in [0.2, 0.25) is 11.8 Å². The fourth-order valence-corrected chi connectivity index (χ4v) is 2.56. The molecule has 1 fully saturated rings. The van der Waals surface area contributed by atoms with Crippen molar-refractivity contribution in [1.29, 1.82) is 0 Å². The molecule has 4 nitrogen and oxygen atoms in total. The summed E-state index contributed by atoms with van der Waals surface area (Å²) < 4.78 is 75.4. The molecule has 1 heterocycles. The van der Waals surface area contributed by atoms with Gasteiger partial charge in [-0.3, -0.25) is 4.79 Å². The van der Waals surface area contributed by atoms with Crippen molar-refractivity contribution in [2.24, 2.45) is 5.92 Å². The van der Waals surface area contributed by atoms with Crippen molar-refractivity contribution in [3.05, 3.63) is 0 Å². The van der Waals surface area contributed by atoms with Gasteiger partial charge in [0.15, 0.2) is 0 Å². The van der Waals surface area contributed by atoms with Crippen LogP contribution in [0.15, 0.2) is 0 Å². The summed E-state index contributed by atoms with van der Waals surface area (Å²) in [5.41, 5.74) is -2.01. The number of aliphatic carboxylic acids is 1. The second-order valence-electron chi connectivity index (χ2n) is 4.80. The van der Waals surface area contributed by atoms with Gasteiger partial charge in [-0.15, -0.1) is 0 Å². The minimum atomic E-state index is -5.82. The van der Waals surface area contributed by atoms with Gasteiger partial charge in [0, 0.05) is 6.54 Å². The van der Waals surface area contributed by atoms with Gasteiger partial charge in [-0.1, -0.05) is 6.92 Å². The number of hydrogen-bond donors (Lipinski definition) is 1. The normalized spacial score (nSPS) is 23.7. The van der Waals surface area contributed by atoms with Crippen molar-refractivity contribution >= 4 is 11.9 Å². The van der Waals surface area contributed by atoms with E-state index in [2.05, 4.69) is 0 Å². The van der Waals surface area contributed by atoms with Crippen LogP contribution in [0.3, 0.4) is 0 Å². The molecule has 1 rings (SSSR count). The van der Waals surface area contributed by atoms with Crippen LogP contribution in [0.5, 0.6) is 0 Å². The van der Waals surface area contributed by atoms with E-state index in [0.29, 0.717) is 0 Å². The summed E-state index contributed by atoms with van der Waals surface area (Å²) in [5.74, 6) is -8.05. The molecule has 1 unspecified atom stereocenters. The van der Waals surface area contributed by atoms with Gasteiger partial charge in [0.05, 0.1) is 0 Å². The van der Waals surface area contributed by atoms with E-state index in [9.17, 15) is 35.9 Å². The number of carboxylic acid groups (broad SMARTS) is 1. The Morgan fingerprint density at radius 2 is 1.67 bits per heavy atom. The molecular weight excluding hydrogens is 308 g/mol. The lowest BCUT2D eigenvalue weighted by molar-refractivity contribution is -0.278.